The molecule has 0 aliphatic heterocycles. The summed E-state index contributed by atoms with van der Waals surface area (Å²) in [5.74, 6) is 1.78. The van der Waals surface area contributed by atoms with Crippen LogP contribution in [-0.2, 0) is 11.2 Å². The van der Waals surface area contributed by atoms with Crippen LogP contribution in [0.2, 0.25) is 0 Å². The lowest BCUT2D eigenvalue weighted by Gasteiger charge is -2.04. The fourth-order valence-electron chi connectivity index (χ4n) is 1.52. The molecule has 0 saturated heterocycles. The van der Waals surface area contributed by atoms with E-state index in [1.54, 1.807) is 0 Å². The SMILES string of the molecule is CC(=O)CSc1nnc(CCOc2cccc(C)c2)o1. The predicted molar refractivity (Wildman–Crippen MR) is 76.1 cm³/mol. The largest absolute Gasteiger partial charge is 0.493 e. The molecule has 1 aromatic heterocycles. The summed E-state index contributed by atoms with van der Waals surface area (Å²) < 4.78 is 11.0. The van der Waals surface area contributed by atoms with Gasteiger partial charge in [-0.05, 0) is 31.5 Å². The monoisotopic (exact) mass is 292 g/mol. The van der Waals surface area contributed by atoms with Gasteiger partial charge in [-0.25, -0.2) is 0 Å². The number of hydrogen-bond donors (Lipinski definition) is 0. The Balaban J connectivity index is 1.78. The second-order valence-electron chi connectivity index (χ2n) is 4.37. The van der Waals surface area contributed by atoms with Gasteiger partial charge in [-0.15, -0.1) is 10.2 Å². The second-order valence-corrected chi connectivity index (χ2v) is 5.29. The van der Waals surface area contributed by atoms with Crippen LogP contribution in [0.15, 0.2) is 33.9 Å². The normalized spacial score (nSPS) is 10.5. The van der Waals surface area contributed by atoms with Crippen molar-refractivity contribution in [2.75, 3.05) is 12.4 Å². The lowest BCUT2D eigenvalue weighted by atomic mass is 10.2. The summed E-state index contributed by atoms with van der Waals surface area (Å²) in [6.45, 7) is 4.02. The number of ketones is 1. The van der Waals surface area contributed by atoms with E-state index in [0.717, 1.165) is 11.3 Å². The van der Waals surface area contributed by atoms with Gasteiger partial charge in [-0.2, -0.15) is 0 Å². The fourth-order valence-corrected chi connectivity index (χ4v) is 2.10. The highest BCUT2D eigenvalue weighted by molar-refractivity contribution is 7.99. The van der Waals surface area contributed by atoms with E-state index in [9.17, 15) is 4.79 Å². The Bertz CT molecular complexity index is 583. The molecule has 2 aromatic rings. The summed E-state index contributed by atoms with van der Waals surface area (Å²) in [5.41, 5.74) is 1.16. The minimum absolute atomic E-state index is 0.0810. The lowest BCUT2D eigenvalue weighted by molar-refractivity contribution is -0.114. The van der Waals surface area contributed by atoms with E-state index >= 15 is 0 Å². The molecule has 20 heavy (non-hydrogen) atoms. The topological polar surface area (TPSA) is 65.2 Å². The summed E-state index contributed by atoms with van der Waals surface area (Å²) in [7, 11) is 0. The van der Waals surface area contributed by atoms with Crippen LogP contribution < -0.4 is 4.74 Å². The second kappa shape index (κ2) is 7.09. The van der Waals surface area contributed by atoms with E-state index in [2.05, 4.69) is 10.2 Å². The number of ether oxygens (including phenoxy) is 1. The number of thioether (sulfide) groups is 1. The van der Waals surface area contributed by atoms with Crippen LogP contribution in [-0.4, -0.2) is 28.3 Å². The Labute approximate surface area is 121 Å². The average molecular weight is 292 g/mol. The smallest absolute Gasteiger partial charge is 0.277 e. The molecule has 0 aliphatic rings. The standard InChI is InChI=1S/C14H16N2O3S/c1-10-4-3-5-12(8-10)18-7-6-13-15-16-14(19-13)20-9-11(2)17/h3-5,8H,6-7,9H2,1-2H3. The summed E-state index contributed by atoms with van der Waals surface area (Å²) in [4.78, 5) is 10.8. The van der Waals surface area contributed by atoms with Crippen LogP contribution >= 0.6 is 11.8 Å². The highest BCUT2D eigenvalue weighted by atomic mass is 32.2. The zero-order valence-electron chi connectivity index (χ0n) is 11.5. The minimum atomic E-state index is 0.0810. The van der Waals surface area contributed by atoms with Crippen molar-refractivity contribution in [2.45, 2.75) is 25.5 Å². The Morgan fingerprint density at radius 2 is 2.25 bits per heavy atom. The number of aromatic nitrogens is 2. The third kappa shape index (κ3) is 4.70. The molecule has 1 heterocycles. The molecule has 0 unspecified atom stereocenters. The van der Waals surface area contributed by atoms with Gasteiger partial charge in [-0.3, -0.25) is 4.79 Å². The summed E-state index contributed by atoms with van der Waals surface area (Å²) in [5, 5.41) is 8.20. The first-order valence-corrected chi connectivity index (χ1v) is 7.26. The molecule has 0 atom stereocenters. The third-order valence-corrected chi connectivity index (χ3v) is 3.38. The van der Waals surface area contributed by atoms with Crippen LogP contribution in [0.4, 0.5) is 0 Å². The van der Waals surface area contributed by atoms with E-state index in [1.165, 1.54) is 18.7 Å². The molecule has 0 bridgehead atoms. The van der Waals surface area contributed by atoms with E-state index in [4.69, 9.17) is 9.15 Å². The van der Waals surface area contributed by atoms with Crippen molar-refractivity contribution >= 4 is 17.5 Å². The number of nitrogens with zero attached hydrogens (tertiary/aromatic N) is 2. The van der Waals surface area contributed by atoms with Gasteiger partial charge in [0, 0.05) is 0 Å². The Kier molecular flexibility index (Phi) is 5.17. The summed E-state index contributed by atoms with van der Waals surface area (Å²) >= 11 is 1.25. The highest BCUT2D eigenvalue weighted by Crippen LogP contribution is 2.17. The van der Waals surface area contributed by atoms with Crippen molar-refractivity contribution in [1.82, 2.24) is 10.2 Å². The van der Waals surface area contributed by atoms with E-state index in [0.29, 0.717) is 29.9 Å². The van der Waals surface area contributed by atoms with Gasteiger partial charge in [0.2, 0.25) is 5.89 Å². The quantitative estimate of drug-likeness (QED) is 0.731. The van der Waals surface area contributed by atoms with Gasteiger partial charge < -0.3 is 9.15 Å². The number of rotatable bonds is 7. The van der Waals surface area contributed by atoms with Crippen LogP contribution in [0.3, 0.4) is 0 Å². The number of benzene rings is 1. The van der Waals surface area contributed by atoms with Crippen molar-refractivity contribution in [3.63, 3.8) is 0 Å². The van der Waals surface area contributed by atoms with Gasteiger partial charge in [-0.1, -0.05) is 23.9 Å². The first-order valence-electron chi connectivity index (χ1n) is 6.27. The maximum atomic E-state index is 10.8. The Morgan fingerprint density at radius 3 is 3.00 bits per heavy atom. The molecule has 6 heteroatoms. The summed E-state index contributed by atoms with van der Waals surface area (Å²) in [6, 6.07) is 7.86. The first-order chi connectivity index (χ1) is 9.63. The van der Waals surface area contributed by atoms with E-state index in [-0.39, 0.29) is 5.78 Å². The maximum absolute atomic E-state index is 10.8. The molecule has 0 radical (unpaired) electrons. The molecule has 1 aromatic carbocycles. The fraction of sp³-hybridized carbons (Fsp3) is 0.357. The van der Waals surface area contributed by atoms with Gasteiger partial charge in [0.1, 0.15) is 11.5 Å². The number of Topliss-reactive ketones (excluding diaryl/α,β-unsaturated/α-hetero) is 1. The third-order valence-electron chi connectivity index (χ3n) is 2.42. The van der Waals surface area contributed by atoms with E-state index in [1.807, 2.05) is 31.2 Å². The zero-order valence-corrected chi connectivity index (χ0v) is 12.3. The molecule has 0 amide bonds. The molecule has 2 rings (SSSR count). The van der Waals surface area contributed by atoms with Crippen LogP contribution in [0.5, 0.6) is 5.75 Å². The molecule has 0 fully saturated rings. The van der Waals surface area contributed by atoms with Gasteiger partial charge >= 0.3 is 0 Å². The van der Waals surface area contributed by atoms with Crippen molar-refractivity contribution in [3.05, 3.63) is 35.7 Å². The van der Waals surface area contributed by atoms with Crippen molar-refractivity contribution in [2.24, 2.45) is 0 Å². The molecule has 106 valence electrons. The molecule has 0 saturated carbocycles. The molecule has 0 aliphatic carbocycles. The van der Waals surface area contributed by atoms with E-state index < -0.39 is 0 Å². The van der Waals surface area contributed by atoms with Crippen molar-refractivity contribution in [1.29, 1.82) is 0 Å². The van der Waals surface area contributed by atoms with Crippen molar-refractivity contribution < 1.29 is 13.9 Å². The first kappa shape index (κ1) is 14.6. The van der Waals surface area contributed by atoms with Gasteiger partial charge in [0.05, 0.1) is 18.8 Å². The molecule has 5 nitrogen and oxygen atoms in total. The number of aryl methyl sites for hydroxylation is 1. The number of carbonyl (C=O) groups excluding carboxylic acids is 1. The lowest BCUT2D eigenvalue weighted by Crippen LogP contribution is -2.01. The predicted octanol–water partition coefficient (Wildman–Crippen LogP) is 2.68. The minimum Gasteiger partial charge on any atom is -0.493 e. The van der Waals surface area contributed by atoms with Crippen molar-refractivity contribution in [3.8, 4) is 5.75 Å². The molecule has 0 N–H and O–H groups in total. The average Bonchev–Trinajstić information content (AvgIpc) is 2.84. The van der Waals surface area contributed by atoms with Crippen LogP contribution in [0, 0.1) is 6.92 Å². The molecule has 0 spiro atoms. The molecular weight excluding hydrogens is 276 g/mol. The van der Waals surface area contributed by atoms with Gasteiger partial charge in [0.15, 0.2) is 0 Å². The van der Waals surface area contributed by atoms with Crippen LogP contribution in [0.1, 0.15) is 18.4 Å². The Morgan fingerprint density at radius 1 is 1.40 bits per heavy atom. The van der Waals surface area contributed by atoms with Crippen LogP contribution in [0.25, 0.3) is 0 Å². The summed E-state index contributed by atoms with van der Waals surface area (Å²) in [6.07, 6.45) is 0.543. The highest BCUT2D eigenvalue weighted by Gasteiger charge is 2.08. The number of carbonyl (C=O) groups is 1. The zero-order chi connectivity index (χ0) is 14.4. The number of hydrogen-bond acceptors (Lipinski definition) is 6. The Hall–Kier alpha value is -1.82. The maximum Gasteiger partial charge on any atom is 0.277 e. The molecular formula is C14H16N2O3S. The van der Waals surface area contributed by atoms with Gasteiger partial charge in [0.25, 0.3) is 5.22 Å².